The molecule has 2 fully saturated rings. The molecule has 4 aliphatic carbocycles. The molecule has 0 amide bonds. The number of aliphatic hydroxyl groups is 1. The maximum atomic E-state index is 15.0. The summed E-state index contributed by atoms with van der Waals surface area (Å²) in [4.78, 5) is 23.5. The highest BCUT2D eigenvalue weighted by molar-refractivity contribution is 5.93. The summed E-state index contributed by atoms with van der Waals surface area (Å²) in [6, 6.07) is 7.22. The van der Waals surface area contributed by atoms with Crippen LogP contribution in [-0.4, -0.2) is 34.4 Å². The number of carbonyl (C=O) groups excluding carboxylic acids is 2. The van der Waals surface area contributed by atoms with Crippen LogP contribution in [0.5, 0.6) is 0 Å². The van der Waals surface area contributed by atoms with Gasteiger partial charge in [-0.15, -0.1) is 0 Å². The van der Waals surface area contributed by atoms with E-state index in [1.165, 1.54) is 19.9 Å². The van der Waals surface area contributed by atoms with Crippen molar-refractivity contribution in [2.24, 2.45) is 17.3 Å². The van der Waals surface area contributed by atoms with Gasteiger partial charge in [0.2, 0.25) is 0 Å². The fourth-order valence-corrected chi connectivity index (χ4v) is 7.77. The number of hydrogen-bond donors (Lipinski definition) is 1. The first kappa shape index (κ1) is 27.0. The van der Waals surface area contributed by atoms with Crippen molar-refractivity contribution >= 4 is 17.6 Å². The second kappa shape index (κ2) is 8.97. The fourth-order valence-electron chi connectivity index (χ4n) is 7.77. The first-order valence-corrected chi connectivity index (χ1v) is 13.1. The molecule has 2 saturated carbocycles. The van der Waals surface area contributed by atoms with Gasteiger partial charge < -0.3 is 5.11 Å². The van der Waals surface area contributed by atoms with E-state index in [1.807, 2.05) is 12.1 Å². The number of ketones is 2. The molecule has 0 aliphatic heterocycles. The Hall–Kier alpha value is -2.61. The molecule has 0 heterocycles. The van der Waals surface area contributed by atoms with Crippen LogP contribution in [0, 0.1) is 17.3 Å². The highest BCUT2D eigenvalue weighted by Crippen LogP contribution is 2.70. The van der Waals surface area contributed by atoms with Crippen LogP contribution in [0.3, 0.4) is 0 Å². The van der Waals surface area contributed by atoms with Gasteiger partial charge in [-0.3, -0.25) is 9.59 Å². The average molecular weight is 535 g/mol. The maximum Gasteiger partial charge on any atom is 0.456 e. The molecule has 5 rings (SSSR count). The van der Waals surface area contributed by atoms with Crippen LogP contribution in [0.15, 0.2) is 53.1 Å². The summed E-state index contributed by atoms with van der Waals surface area (Å²) in [6.45, 7) is 2.85. The Labute approximate surface area is 218 Å². The van der Waals surface area contributed by atoms with E-state index >= 15 is 8.78 Å². The van der Waals surface area contributed by atoms with Crippen LogP contribution in [0.25, 0.3) is 6.08 Å². The smallest absolute Gasteiger partial charge is 0.383 e. The van der Waals surface area contributed by atoms with Gasteiger partial charge >= 0.3 is 12.1 Å². The van der Waals surface area contributed by atoms with Gasteiger partial charge in [0.05, 0.1) is 0 Å². The Morgan fingerprint density at radius 1 is 1.05 bits per heavy atom. The summed E-state index contributed by atoms with van der Waals surface area (Å²) < 4.78 is 71.0. The van der Waals surface area contributed by atoms with Crippen molar-refractivity contribution in [3.05, 3.63) is 64.3 Å². The molecule has 1 N–H and O–H groups in total. The van der Waals surface area contributed by atoms with Gasteiger partial charge in [-0.25, -0.2) is 0 Å². The van der Waals surface area contributed by atoms with E-state index in [0.717, 1.165) is 27.8 Å². The third-order valence-corrected chi connectivity index (χ3v) is 9.61. The lowest BCUT2D eigenvalue weighted by molar-refractivity contribution is -0.362. The molecule has 0 radical (unpaired) electrons. The van der Waals surface area contributed by atoms with Gasteiger partial charge in [0, 0.05) is 17.8 Å². The van der Waals surface area contributed by atoms with Crippen LogP contribution >= 0.6 is 0 Å². The van der Waals surface area contributed by atoms with E-state index in [9.17, 15) is 27.9 Å². The molecule has 8 heteroatoms. The number of allylic oxidation sites excluding steroid dienone is 5. The largest absolute Gasteiger partial charge is 0.456 e. The molecule has 0 unspecified atom stereocenters. The maximum absolute atomic E-state index is 15.0. The van der Waals surface area contributed by atoms with E-state index in [2.05, 4.69) is 0 Å². The van der Waals surface area contributed by atoms with E-state index in [4.69, 9.17) is 0 Å². The first-order valence-electron chi connectivity index (χ1n) is 13.1. The Kier molecular flexibility index (Phi) is 6.37. The zero-order valence-electron chi connectivity index (χ0n) is 21.4. The van der Waals surface area contributed by atoms with Crippen LogP contribution in [0.2, 0.25) is 0 Å². The highest BCUT2D eigenvalue weighted by Gasteiger charge is 2.79. The molecule has 4 aliphatic rings. The lowest BCUT2D eigenvalue weighted by Gasteiger charge is -2.56. The zero-order valence-corrected chi connectivity index (χ0v) is 21.4. The standard InChI is InChI=1S/C30H31F5O3/c1-17(36)3-4-18-5-7-19(8-6-18)24-16-27(2)25(13-14-28(27,38)29(31,32)30(33,34)35)23-11-9-20-15-21(37)10-12-22(20)26(23)24/h3-8,15,23-25,38H,9-14,16H2,1-2H3/t23-,24+,25-,27-,28-/m0/s1. The van der Waals surface area contributed by atoms with Crippen LogP contribution in [0.1, 0.15) is 75.8 Å². The highest BCUT2D eigenvalue weighted by atomic mass is 19.4. The van der Waals surface area contributed by atoms with Gasteiger partial charge in [-0.2, -0.15) is 22.0 Å². The molecule has 3 nitrogen and oxygen atoms in total. The van der Waals surface area contributed by atoms with Crippen LogP contribution in [0.4, 0.5) is 22.0 Å². The first-order chi connectivity index (χ1) is 17.7. The van der Waals surface area contributed by atoms with Gasteiger partial charge in [-0.1, -0.05) is 42.8 Å². The van der Waals surface area contributed by atoms with E-state index in [1.54, 1.807) is 24.3 Å². The molecule has 1 aromatic carbocycles. The number of alkyl halides is 5. The lowest BCUT2D eigenvalue weighted by Crippen LogP contribution is -2.65. The van der Waals surface area contributed by atoms with Gasteiger partial charge in [0.15, 0.2) is 11.6 Å². The minimum absolute atomic E-state index is 0.0432. The van der Waals surface area contributed by atoms with E-state index < -0.39 is 41.4 Å². The van der Waals surface area contributed by atoms with E-state index in [0.29, 0.717) is 25.7 Å². The second-order valence-electron chi connectivity index (χ2n) is 11.6. The van der Waals surface area contributed by atoms with E-state index in [-0.39, 0.29) is 30.3 Å². The molecule has 0 saturated heterocycles. The van der Waals surface area contributed by atoms with Crippen molar-refractivity contribution in [2.45, 2.75) is 82.4 Å². The summed E-state index contributed by atoms with van der Waals surface area (Å²) >= 11 is 0. The molecule has 204 valence electrons. The Bertz CT molecular complexity index is 1260. The Balaban J connectivity index is 1.65. The molecule has 5 atom stereocenters. The number of halogens is 5. The molecule has 0 aromatic heterocycles. The molecule has 1 aromatic rings. The van der Waals surface area contributed by atoms with Crippen molar-refractivity contribution in [1.29, 1.82) is 0 Å². The van der Waals surface area contributed by atoms with Gasteiger partial charge in [-0.05, 0) is 91.7 Å². The third-order valence-electron chi connectivity index (χ3n) is 9.61. The predicted octanol–water partition coefficient (Wildman–Crippen LogP) is 7.12. The fraction of sp³-hybridized carbons (Fsp3) is 0.533. The minimum atomic E-state index is -5.87. The molecular formula is C30H31F5O3. The topological polar surface area (TPSA) is 54.4 Å². The zero-order chi connectivity index (χ0) is 27.7. The van der Waals surface area contributed by atoms with Crippen LogP contribution in [-0.2, 0) is 9.59 Å². The summed E-state index contributed by atoms with van der Waals surface area (Å²) in [6.07, 6.45) is 0.254. The number of carbonyl (C=O) groups is 2. The van der Waals surface area contributed by atoms with Crippen molar-refractivity contribution in [2.75, 3.05) is 0 Å². The summed E-state index contributed by atoms with van der Waals surface area (Å²) in [7, 11) is 0. The van der Waals surface area contributed by atoms with Crippen molar-refractivity contribution in [3.8, 4) is 0 Å². The molecular weight excluding hydrogens is 503 g/mol. The number of hydrogen-bond acceptors (Lipinski definition) is 3. The van der Waals surface area contributed by atoms with Crippen molar-refractivity contribution in [3.63, 3.8) is 0 Å². The summed E-state index contributed by atoms with van der Waals surface area (Å²) in [5.41, 5.74) is -0.372. The monoisotopic (exact) mass is 534 g/mol. The molecule has 0 spiro atoms. The molecule has 0 bridgehead atoms. The average Bonchev–Trinajstić information content (AvgIpc) is 3.13. The summed E-state index contributed by atoms with van der Waals surface area (Å²) in [5.74, 6) is -6.59. The van der Waals surface area contributed by atoms with Crippen molar-refractivity contribution in [1.82, 2.24) is 0 Å². The third kappa shape index (κ3) is 3.93. The predicted molar refractivity (Wildman–Crippen MR) is 132 cm³/mol. The normalized spacial score (nSPS) is 33.6. The number of benzene rings is 1. The van der Waals surface area contributed by atoms with Crippen LogP contribution < -0.4 is 0 Å². The Morgan fingerprint density at radius 3 is 2.37 bits per heavy atom. The minimum Gasteiger partial charge on any atom is -0.383 e. The van der Waals surface area contributed by atoms with Gasteiger partial charge in [0.1, 0.15) is 5.60 Å². The quantitative estimate of drug-likeness (QED) is 0.331. The molecule has 38 heavy (non-hydrogen) atoms. The lowest BCUT2D eigenvalue weighted by atomic mass is 9.50. The van der Waals surface area contributed by atoms with Gasteiger partial charge in [0.25, 0.3) is 0 Å². The summed E-state index contributed by atoms with van der Waals surface area (Å²) in [5, 5.41) is 11.3. The second-order valence-corrected chi connectivity index (χ2v) is 11.6. The number of fused-ring (bicyclic) bond motifs is 4. The van der Waals surface area contributed by atoms with Crippen molar-refractivity contribution < 1.29 is 36.6 Å². The SMILES string of the molecule is CC(=O)C=Cc1ccc([C@H]2C[C@@]3(C)[C@@H](CC[C@@]3(O)C(F)(F)C(F)(F)F)[C@@H]3CCC4=CC(=O)CCC4=C32)cc1. The Morgan fingerprint density at radius 2 is 1.74 bits per heavy atom. The number of rotatable bonds is 4.